The summed E-state index contributed by atoms with van der Waals surface area (Å²) in [5, 5.41) is 2.55. The SMILES string of the molecule is CCCCCCc1ccc(NC(N)=O)cc1. The van der Waals surface area contributed by atoms with Crippen molar-refractivity contribution >= 4 is 11.7 Å². The van der Waals surface area contributed by atoms with Crippen molar-refractivity contribution in [1.29, 1.82) is 0 Å². The van der Waals surface area contributed by atoms with Crippen molar-refractivity contribution in [2.24, 2.45) is 5.73 Å². The Morgan fingerprint density at radius 1 is 1.19 bits per heavy atom. The van der Waals surface area contributed by atoms with E-state index in [4.69, 9.17) is 5.73 Å². The highest BCUT2D eigenvalue weighted by atomic mass is 16.2. The van der Waals surface area contributed by atoms with Gasteiger partial charge in [-0.25, -0.2) is 4.79 Å². The van der Waals surface area contributed by atoms with Gasteiger partial charge in [-0.15, -0.1) is 0 Å². The van der Waals surface area contributed by atoms with Gasteiger partial charge in [0.15, 0.2) is 0 Å². The van der Waals surface area contributed by atoms with Gasteiger partial charge >= 0.3 is 6.03 Å². The highest BCUT2D eigenvalue weighted by molar-refractivity contribution is 5.87. The number of benzene rings is 1. The van der Waals surface area contributed by atoms with Crippen LogP contribution < -0.4 is 11.1 Å². The van der Waals surface area contributed by atoms with Gasteiger partial charge in [0.2, 0.25) is 0 Å². The van der Waals surface area contributed by atoms with Crippen molar-refractivity contribution in [2.75, 3.05) is 5.32 Å². The number of anilines is 1. The second kappa shape index (κ2) is 6.88. The Morgan fingerprint density at radius 3 is 2.44 bits per heavy atom. The number of hydrogen-bond donors (Lipinski definition) is 2. The lowest BCUT2D eigenvalue weighted by atomic mass is 10.1. The fourth-order valence-electron chi connectivity index (χ4n) is 1.65. The number of primary amides is 1. The Morgan fingerprint density at radius 2 is 1.88 bits per heavy atom. The molecule has 0 aliphatic carbocycles. The molecule has 3 heteroatoms. The summed E-state index contributed by atoms with van der Waals surface area (Å²) in [5.41, 5.74) is 7.09. The zero-order chi connectivity index (χ0) is 11.8. The first-order valence-electron chi connectivity index (χ1n) is 5.87. The molecular weight excluding hydrogens is 200 g/mol. The van der Waals surface area contributed by atoms with Gasteiger partial charge in [0.05, 0.1) is 0 Å². The summed E-state index contributed by atoms with van der Waals surface area (Å²) in [5.74, 6) is 0. The number of unbranched alkanes of at least 4 members (excludes halogenated alkanes) is 3. The molecular formula is C13H20N2O. The van der Waals surface area contributed by atoms with E-state index in [-0.39, 0.29) is 0 Å². The van der Waals surface area contributed by atoms with E-state index in [1.54, 1.807) is 0 Å². The van der Waals surface area contributed by atoms with Gasteiger partial charge in [-0.05, 0) is 30.5 Å². The minimum atomic E-state index is -0.518. The monoisotopic (exact) mass is 220 g/mol. The molecule has 88 valence electrons. The van der Waals surface area contributed by atoms with Crippen LogP contribution in [0.1, 0.15) is 38.2 Å². The van der Waals surface area contributed by atoms with Gasteiger partial charge < -0.3 is 11.1 Å². The molecule has 0 unspecified atom stereocenters. The molecule has 3 nitrogen and oxygen atoms in total. The van der Waals surface area contributed by atoms with Gasteiger partial charge in [0.1, 0.15) is 0 Å². The van der Waals surface area contributed by atoms with E-state index in [2.05, 4.69) is 12.2 Å². The van der Waals surface area contributed by atoms with Gasteiger partial charge in [0.25, 0.3) is 0 Å². The lowest BCUT2D eigenvalue weighted by Gasteiger charge is -2.04. The molecule has 1 aromatic rings. The summed E-state index contributed by atoms with van der Waals surface area (Å²) in [4.78, 5) is 10.6. The third-order valence-corrected chi connectivity index (χ3v) is 2.54. The van der Waals surface area contributed by atoms with E-state index in [9.17, 15) is 4.79 Å². The Bertz CT molecular complexity index is 319. The minimum absolute atomic E-state index is 0.518. The van der Waals surface area contributed by atoms with Crippen molar-refractivity contribution in [1.82, 2.24) is 0 Å². The highest BCUT2D eigenvalue weighted by Gasteiger charge is 1.97. The number of hydrogen-bond acceptors (Lipinski definition) is 1. The van der Waals surface area contributed by atoms with Crippen molar-refractivity contribution < 1.29 is 4.79 Å². The fourth-order valence-corrected chi connectivity index (χ4v) is 1.65. The Balaban J connectivity index is 2.36. The van der Waals surface area contributed by atoms with E-state index < -0.39 is 6.03 Å². The van der Waals surface area contributed by atoms with Gasteiger partial charge in [0, 0.05) is 5.69 Å². The van der Waals surface area contributed by atoms with Crippen LogP contribution in [0.2, 0.25) is 0 Å². The van der Waals surface area contributed by atoms with Crippen LogP contribution in [-0.2, 0) is 6.42 Å². The lowest BCUT2D eigenvalue weighted by Crippen LogP contribution is -2.19. The van der Waals surface area contributed by atoms with Crippen LogP contribution in [0.25, 0.3) is 0 Å². The molecule has 0 atom stereocenters. The molecule has 0 aliphatic heterocycles. The zero-order valence-electron chi connectivity index (χ0n) is 9.83. The van der Waals surface area contributed by atoms with Crippen LogP contribution >= 0.6 is 0 Å². The molecule has 1 aromatic carbocycles. The number of aryl methyl sites for hydroxylation is 1. The number of amides is 2. The molecule has 0 saturated heterocycles. The van der Waals surface area contributed by atoms with E-state index in [1.807, 2.05) is 24.3 Å². The highest BCUT2D eigenvalue weighted by Crippen LogP contribution is 2.12. The largest absolute Gasteiger partial charge is 0.351 e. The second-order valence-electron chi connectivity index (χ2n) is 4.00. The summed E-state index contributed by atoms with van der Waals surface area (Å²) < 4.78 is 0. The maximum Gasteiger partial charge on any atom is 0.316 e. The van der Waals surface area contributed by atoms with E-state index in [0.717, 1.165) is 12.1 Å². The smallest absolute Gasteiger partial charge is 0.316 e. The number of urea groups is 1. The second-order valence-corrected chi connectivity index (χ2v) is 4.00. The number of nitrogens with one attached hydrogen (secondary N) is 1. The van der Waals surface area contributed by atoms with E-state index >= 15 is 0 Å². The molecule has 0 radical (unpaired) electrons. The summed E-state index contributed by atoms with van der Waals surface area (Å²) in [6.45, 7) is 2.21. The van der Waals surface area contributed by atoms with E-state index in [1.165, 1.54) is 31.2 Å². The molecule has 0 bridgehead atoms. The van der Waals surface area contributed by atoms with Crippen LogP contribution in [0, 0.1) is 0 Å². The van der Waals surface area contributed by atoms with Gasteiger partial charge in [-0.3, -0.25) is 0 Å². The normalized spacial score (nSPS) is 10.1. The molecule has 0 heterocycles. The predicted octanol–water partition coefficient (Wildman–Crippen LogP) is 3.30. The molecule has 0 saturated carbocycles. The van der Waals surface area contributed by atoms with Crippen LogP contribution in [-0.4, -0.2) is 6.03 Å². The topological polar surface area (TPSA) is 55.1 Å². The molecule has 3 N–H and O–H groups in total. The first-order valence-corrected chi connectivity index (χ1v) is 5.87. The summed E-state index contributed by atoms with van der Waals surface area (Å²) in [6, 6.07) is 7.34. The summed E-state index contributed by atoms with van der Waals surface area (Å²) >= 11 is 0. The van der Waals surface area contributed by atoms with E-state index in [0.29, 0.717) is 0 Å². The van der Waals surface area contributed by atoms with Crippen molar-refractivity contribution in [3.8, 4) is 0 Å². The molecule has 2 amide bonds. The summed E-state index contributed by atoms with van der Waals surface area (Å²) in [7, 11) is 0. The maximum atomic E-state index is 10.6. The lowest BCUT2D eigenvalue weighted by molar-refractivity contribution is 0.259. The first-order chi connectivity index (χ1) is 7.72. The molecule has 0 spiro atoms. The maximum absolute atomic E-state index is 10.6. The quantitative estimate of drug-likeness (QED) is 0.710. The van der Waals surface area contributed by atoms with Crippen LogP contribution in [0.5, 0.6) is 0 Å². The molecule has 0 aromatic heterocycles. The molecule has 0 fully saturated rings. The molecule has 0 aliphatic rings. The Labute approximate surface area is 97.0 Å². The zero-order valence-corrected chi connectivity index (χ0v) is 9.83. The van der Waals surface area contributed by atoms with Crippen molar-refractivity contribution in [3.05, 3.63) is 29.8 Å². The predicted molar refractivity (Wildman–Crippen MR) is 67.5 cm³/mol. The number of carbonyl (C=O) groups is 1. The van der Waals surface area contributed by atoms with Crippen LogP contribution in [0.3, 0.4) is 0 Å². The first kappa shape index (κ1) is 12.6. The van der Waals surface area contributed by atoms with Crippen LogP contribution in [0.4, 0.5) is 10.5 Å². The fraction of sp³-hybridized carbons (Fsp3) is 0.462. The number of nitrogens with two attached hydrogens (primary N) is 1. The molecule has 16 heavy (non-hydrogen) atoms. The van der Waals surface area contributed by atoms with Crippen LogP contribution in [0.15, 0.2) is 24.3 Å². The minimum Gasteiger partial charge on any atom is -0.351 e. The van der Waals surface area contributed by atoms with Crippen molar-refractivity contribution in [2.45, 2.75) is 39.0 Å². The molecule has 1 rings (SSSR count). The summed E-state index contributed by atoms with van der Waals surface area (Å²) in [6.07, 6.45) is 6.20. The standard InChI is InChI=1S/C13H20N2O/c1-2-3-4-5-6-11-7-9-12(10-8-11)15-13(14)16/h7-10H,2-6H2,1H3,(H3,14,15,16). The number of rotatable bonds is 6. The van der Waals surface area contributed by atoms with Gasteiger partial charge in [-0.1, -0.05) is 38.3 Å². The Kier molecular flexibility index (Phi) is 5.40. The average Bonchev–Trinajstić information content (AvgIpc) is 2.26. The van der Waals surface area contributed by atoms with Gasteiger partial charge in [-0.2, -0.15) is 0 Å². The van der Waals surface area contributed by atoms with Crippen molar-refractivity contribution in [3.63, 3.8) is 0 Å². The third kappa shape index (κ3) is 4.82. The average molecular weight is 220 g/mol. The third-order valence-electron chi connectivity index (χ3n) is 2.54. The Hall–Kier alpha value is -1.51. The number of carbonyl (C=O) groups excluding carboxylic acids is 1.